The van der Waals surface area contributed by atoms with E-state index in [9.17, 15) is 23.1 Å². The van der Waals surface area contributed by atoms with E-state index in [0.717, 1.165) is 0 Å². The average Bonchev–Trinajstić information content (AvgIpc) is 2.85. The molecule has 0 radical (unpaired) electrons. The van der Waals surface area contributed by atoms with E-state index in [1.807, 2.05) is 0 Å². The molecule has 4 aromatic rings. The number of carboxylic acids is 1. The number of amides is 1. The van der Waals surface area contributed by atoms with Gasteiger partial charge < -0.3 is 10.4 Å². The smallest absolute Gasteiger partial charge is 0.305 e. The third-order valence-corrected chi connectivity index (χ3v) is 7.82. The predicted octanol–water partition coefficient (Wildman–Crippen LogP) is 5.21. The molecule has 4 rings (SSSR count). The molecule has 0 fully saturated rings. The van der Waals surface area contributed by atoms with Crippen LogP contribution < -0.4 is 10.0 Å². The van der Waals surface area contributed by atoms with Gasteiger partial charge >= 0.3 is 5.97 Å². The number of carboxylic acid groups (broad SMARTS) is 1. The molecular formula is C25H19Cl3N4O5S. The maximum atomic E-state index is 13.3. The Morgan fingerprint density at radius 2 is 1.71 bits per heavy atom. The summed E-state index contributed by atoms with van der Waals surface area (Å²) >= 11 is 18.1. The molecule has 13 heteroatoms. The van der Waals surface area contributed by atoms with Gasteiger partial charge in [-0.25, -0.2) is 8.42 Å². The van der Waals surface area contributed by atoms with Gasteiger partial charge in [0.05, 0.1) is 33.2 Å². The molecule has 196 valence electrons. The second-order valence-electron chi connectivity index (χ2n) is 8.20. The minimum Gasteiger partial charge on any atom is -0.481 e. The number of carbonyl (C=O) groups is 2. The minimum atomic E-state index is -4.23. The molecule has 0 aliphatic carbocycles. The molecule has 0 bridgehead atoms. The Hall–Kier alpha value is -3.44. The molecule has 1 amide bonds. The normalized spacial score (nSPS) is 12.2. The van der Waals surface area contributed by atoms with Gasteiger partial charge in [0.15, 0.2) is 0 Å². The minimum absolute atomic E-state index is 0.0613. The van der Waals surface area contributed by atoms with Gasteiger partial charge in [0.1, 0.15) is 10.4 Å². The number of benzene rings is 3. The maximum Gasteiger partial charge on any atom is 0.305 e. The van der Waals surface area contributed by atoms with Crippen LogP contribution in [-0.4, -0.2) is 41.4 Å². The lowest BCUT2D eigenvalue weighted by atomic mass is 10.0. The highest BCUT2D eigenvalue weighted by Crippen LogP contribution is 2.27. The van der Waals surface area contributed by atoms with Crippen molar-refractivity contribution >= 4 is 73.4 Å². The molecular weight excluding hydrogens is 575 g/mol. The van der Waals surface area contributed by atoms with Gasteiger partial charge in [-0.15, -0.1) is 0 Å². The summed E-state index contributed by atoms with van der Waals surface area (Å²) < 4.78 is 29.0. The number of hydrogen-bond donors (Lipinski definition) is 3. The van der Waals surface area contributed by atoms with E-state index in [1.165, 1.54) is 42.7 Å². The monoisotopic (exact) mass is 592 g/mol. The van der Waals surface area contributed by atoms with Crippen LogP contribution in [0.25, 0.3) is 11.0 Å². The first kappa shape index (κ1) is 27.6. The summed E-state index contributed by atoms with van der Waals surface area (Å²) in [5.41, 5.74) is 1.02. The van der Waals surface area contributed by atoms with Gasteiger partial charge in [-0.1, -0.05) is 46.9 Å². The number of halogens is 3. The van der Waals surface area contributed by atoms with Gasteiger partial charge in [0, 0.05) is 23.5 Å². The summed E-state index contributed by atoms with van der Waals surface area (Å²) in [4.78, 5) is 32.8. The van der Waals surface area contributed by atoms with E-state index in [0.29, 0.717) is 16.1 Å². The number of anilines is 1. The quantitative estimate of drug-likeness (QED) is 0.242. The van der Waals surface area contributed by atoms with Gasteiger partial charge in [0.25, 0.3) is 15.9 Å². The van der Waals surface area contributed by atoms with Crippen molar-refractivity contribution in [1.29, 1.82) is 0 Å². The molecule has 0 saturated carbocycles. The summed E-state index contributed by atoms with van der Waals surface area (Å²) in [5, 5.41) is 12.9. The molecule has 1 heterocycles. The lowest BCUT2D eigenvalue weighted by Crippen LogP contribution is -2.38. The Labute approximate surface area is 232 Å². The highest BCUT2D eigenvalue weighted by molar-refractivity contribution is 7.93. The predicted molar refractivity (Wildman–Crippen MR) is 145 cm³/mol. The van der Waals surface area contributed by atoms with Crippen molar-refractivity contribution in [2.45, 2.75) is 23.8 Å². The third-order valence-electron chi connectivity index (χ3n) is 5.44. The number of aromatic nitrogens is 2. The van der Waals surface area contributed by atoms with Crippen LogP contribution in [0.5, 0.6) is 0 Å². The molecule has 3 aromatic carbocycles. The van der Waals surface area contributed by atoms with E-state index in [-0.39, 0.29) is 38.1 Å². The molecule has 0 aliphatic heterocycles. The number of hydrogen-bond acceptors (Lipinski definition) is 6. The Morgan fingerprint density at radius 3 is 2.45 bits per heavy atom. The highest BCUT2D eigenvalue weighted by atomic mass is 35.5. The Kier molecular flexibility index (Phi) is 8.37. The summed E-state index contributed by atoms with van der Waals surface area (Å²) in [5.74, 6) is -1.84. The highest BCUT2D eigenvalue weighted by Gasteiger charge is 2.24. The molecule has 0 saturated heterocycles. The molecule has 3 N–H and O–H groups in total. The van der Waals surface area contributed by atoms with Crippen molar-refractivity contribution in [2.75, 3.05) is 4.72 Å². The SMILES string of the molecule is O=C(O)CC(Cc1ccc(Cl)c(Cl)c1)NC(=O)c1ccc(Cl)cc1NS(=O)(=O)c1cccc2nccnc12. The van der Waals surface area contributed by atoms with Gasteiger partial charge in [-0.05, 0) is 54.4 Å². The van der Waals surface area contributed by atoms with Crippen LogP contribution in [0, 0.1) is 0 Å². The van der Waals surface area contributed by atoms with Crippen LogP contribution >= 0.6 is 34.8 Å². The van der Waals surface area contributed by atoms with Gasteiger partial charge in [-0.2, -0.15) is 0 Å². The van der Waals surface area contributed by atoms with Crippen LogP contribution in [0.15, 0.2) is 71.9 Å². The Balaban J connectivity index is 1.63. The van der Waals surface area contributed by atoms with E-state index < -0.39 is 34.4 Å². The number of aliphatic carboxylic acids is 1. The van der Waals surface area contributed by atoms with Crippen LogP contribution in [0.4, 0.5) is 5.69 Å². The average molecular weight is 594 g/mol. The summed E-state index contributed by atoms with van der Waals surface area (Å²) in [6.07, 6.45) is 2.56. The topological polar surface area (TPSA) is 138 Å². The fraction of sp³-hybridized carbons (Fsp3) is 0.120. The summed E-state index contributed by atoms with van der Waals surface area (Å²) in [6, 6.07) is 12.5. The van der Waals surface area contributed by atoms with Crippen molar-refractivity contribution in [3.05, 3.63) is 93.2 Å². The van der Waals surface area contributed by atoms with E-state index >= 15 is 0 Å². The number of nitrogens with one attached hydrogen (secondary N) is 2. The molecule has 0 aliphatic rings. The largest absolute Gasteiger partial charge is 0.481 e. The Bertz CT molecular complexity index is 1640. The standard InChI is InChI=1S/C25H19Cl3N4O5S/c26-15-5-6-17(25(35)31-16(13-23(33)34)10-14-4-7-18(27)19(28)11-14)21(12-15)32-38(36,37)22-3-1-2-20-24(22)30-9-8-29-20/h1-9,11-12,16,32H,10,13H2,(H,31,35)(H,33,34). The van der Waals surface area contributed by atoms with Crippen molar-refractivity contribution < 1.29 is 23.1 Å². The molecule has 38 heavy (non-hydrogen) atoms. The summed E-state index contributed by atoms with van der Waals surface area (Å²) in [7, 11) is -4.23. The van der Waals surface area contributed by atoms with Crippen molar-refractivity contribution in [3.8, 4) is 0 Å². The molecule has 9 nitrogen and oxygen atoms in total. The molecule has 0 spiro atoms. The van der Waals surface area contributed by atoms with E-state index in [2.05, 4.69) is 20.0 Å². The first-order chi connectivity index (χ1) is 18.0. The van der Waals surface area contributed by atoms with E-state index in [1.54, 1.807) is 24.3 Å². The van der Waals surface area contributed by atoms with Crippen molar-refractivity contribution in [1.82, 2.24) is 15.3 Å². The zero-order valence-electron chi connectivity index (χ0n) is 19.4. The number of nitrogens with zero attached hydrogens (tertiary/aromatic N) is 2. The molecule has 1 aromatic heterocycles. The van der Waals surface area contributed by atoms with Crippen LogP contribution in [0.2, 0.25) is 15.1 Å². The Morgan fingerprint density at radius 1 is 0.947 bits per heavy atom. The number of fused-ring (bicyclic) bond motifs is 1. The lowest BCUT2D eigenvalue weighted by Gasteiger charge is -2.19. The number of rotatable bonds is 9. The lowest BCUT2D eigenvalue weighted by molar-refractivity contribution is -0.137. The molecule has 1 atom stereocenters. The van der Waals surface area contributed by atoms with Crippen molar-refractivity contribution in [3.63, 3.8) is 0 Å². The number of para-hydroxylation sites is 1. The van der Waals surface area contributed by atoms with Gasteiger partial charge in [-0.3, -0.25) is 24.3 Å². The second kappa shape index (κ2) is 11.5. The fourth-order valence-electron chi connectivity index (χ4n) is 3.78. The van der Waals surface area contributed by atoms with Crippen LogP contribution in [-0.2, 0) is 21.2 Å². The first-order valence-electron chi connectivity index (χ1n) is 11.0. The van der Waals surface area contributed by atoms with Crippen LogP contribution in [0.1, 0.15) is 22.3 Å². The molecule has 1 unspecified atom stereocenters. The zero-order valence-corrected chi connectivity index (χ0v) is 22.4. The van der Waals surface area contributed by atoms with E-state index in [4.69, 9.17) is 34.8 Å². The number of carbonyl (C=O) groups excluding carboxylic acids is 1. The zero-order chi connectivity index (χ0) is 27.4. The maximum absolute atomic E-state index is 13.3. The fourth-order valence-corrected chi connectivity index (χ4v) is 5.51. The first-order valence-corrected chi connectivity index (χ1v) is 13.6. The van der Waals surface area contributed by atoms with Crippen LogP contribution in [0.3, 0.4) is 0 Å². The third kappa shape index (κ3) is 6.51. The number of sulfonamides is 1. The van der Waals surface area contributed by atoms with Gasteiger partial charge in [0.2, 0.25) is 0 Å². The summed E-state index contributed by atoms with van der Waals surface area (Å²) in [6.45, 7) is 0. The van der Waals surface area contributed by atoms with Crippen molar-refractivity contribution in [2.24, 2.45) is 0 Å². The second-order valence-corrected chi connectivity index (χ2v) is 11.1.